The minimum absolute atomic E-state index is 0.205. The summed E-state index contributed by atoms with van der Waals surface area (Å²) in [7, 11) is 0. The van der Waals surface area contributed by atoms with Gasteiger partial charge in [-0.25, -0.2) is 4.39 Å². The summed E-state index contributed by atoms with van der Waals surface area (Å²) in [5, 5.41) is 0.503. The summed E-state index contributed by atoms with van der Waals surface area (Å²) in [5.74, 6) is -0.284. The lowest BCUT2D eigenvalue weighted by molar-refractivity contribution is 0.612. The van der Waals surface area contributed by atoms with E-state index in [4.69, 9.17) is 11.6 Å². The van der Waals surface area contributed by atoms with Crippen molar-refractivity contribution in [2.45, 2.75) is 11.8 Å². The van der Waals surface area contributed by atoms with Crippen LogP contribution in [0.1, 0.15) is 21.5 Å². The lowest BCUT2D eigenvalue weighted by Crippen LogP contribution is -1.97. The first-order valence-corrected chi connectivity index (χ1v) is 7.43. The maximum absolute atomic E-state index is 13.9. The summed E-state index contributed by atoms with van der Waals surface area (Å²) >= 11 is 12.7. The molecule has 0 aliphatic heterocycles. The van der Waals surface area contributed by atoms with Crippen LogP contribution in [0.15, 0.2) is 40.9 Å². The zero-order valence-corrected chi connectivity index (χ0v) is 13.5. The zero-order chi connectivity index (χ0) is 13.3. The van der Waals surface area contributed by atoms with Crippen molar-refractivity contribution in [3.05, 3.63) is 68.4 Å². The van der Waals surface area contributed by atoms with E-state index < -0.39 is 0 Å². The molecule has 0 aliphatic carbocycles. The summed E-state index contributed by atoms with van der Waals surface area (Å²) in [6.45, 7) is 2.02. The minimum atomic E-state index is -0.284. The van der Waals surface area contributed by atoms with Gasteiger partial charge < -0.3 is 0 Å². The van der Waals surface area contributed by atoms with Crippen molar-refractivity contribution >= 4 is 43.5 Å². The Bertz CT molecular complexity index is 567. The average molecular weight is 392 g/mol. The SMILES string of the molecule is Cc1ccc(C(Br)c2cc(Cl)c(Br)cc2F)cc1. The Kier molecular flexibility index (Phi) is 4.46. The minimum Gasteiger partial charge on any atom is -0.207 e. The van der Waals surface area contributed by atoms with Gasteiger partial charge in [-0.3, -0.25) is 0 Å². The molecule has 2 aromatic carbocycles. The van der Waals surface area contributed by atoms with Crippen LogP contribution < -0.4 is 0 Å². The van der Waals surface area contributed by atoms with Crippen LogP contribution in [0.25, 0.3) is 0 Å². The Morgan fingerprint density at radius 1 is 1.17 bits per heavy atom. The van der Waals surface area contributed by atoms with Gasteiger partial charge in [0.05, 0.1) is 9.85 Å². The molecule has 2 rings (SSSR count). The summed E-state index contributed by atoms with van der Waals surface area (Å²) in [6.07, 6.45) is 0. The van der Waals surface area contributed by atoms with Gasteiger partial charge in [0.15, 0.2) is 0 Å². The monoisotopic (exact) mass is 390 g/mol. The lowest BCUT2D eigenvalue weighted by Gasteiger charge is -2.13. The predicted molar refractivity (Wildman–Crippen MR) is 81.1 cm³/mol. The third-order valence-corrected chi connectivity index (χ3v) is 4.90. The van der Waals surface area contributed by atoms with Crippen molar-refractivity contribution in [1.82, 2.24) is 0 Å². The molecule has 0 aliphatic rings. The van der Waals surface area contributed by atoms with E-state index in [1.54, 1.807) is 6.07 Å². The number of alkyl halides is 1. The molecule has 18 heavy (non-hydrogen) atoms. The molecule has 0 heterocycles. The van der Waals surface area contributed by atoms with E-state index in [-0.39, 0.29) is 10.6 Å². The smallest absolute Gasteiger partial charge is 0.129 e. The molecular weight excluding hydrogens is 382 g/mol. The van der Waals surface area contributed by atoms with Crippen molar-refractivity contribution < 1.29 is 4.39 Å². The second-order valence-electron chi connectivity index (χ2n) is 4.06. The first-order chi connectivity index (χ1) is 8.49. The largest absolute Gasteiger partial charge is 0.207 e. The molecule has 2 aromatic rings. The Balaban J connectivity index is 2.42. The molecule has 0 amide bonds. The van der Waals surface area contributed by atoms with Gasteiger partial charge >= 0.3 is 0 Å². The second kappa shape index (κ2) is 5.72. The van der Waals surface area contributed by atoms with Crippen LogP contribution in [-0.4, -0.2) is 0 Å². The predicted octanol–water partition coefficient (Wildman–Crippen LogP) is 6.03. The zero-order valence-electron chi connectivity index (χ0n) is 9.55. The number of hydrogen-bond donors (Lipinski definition) is 0. The first kappa shape index (κ1) is 14.0. The van der Waals surface area contributed by atoms with E-state index >= 15 is 0 Å². The van der Waals surface area contributed by atoms with Gasteiger partial charge in [-0.15, -0.1) is 0 Å². The van der Waals surface area contributed by atoms with Crippen LogP contribution in [-0.2, 0) is 0 Å². The van der Waals surface area contributed by atoms with Crippen molar-refractivity contribution in [1.29, 1.82) is 0 Å². The molecule has 4 heteroatoms. The molecule has 0 nitrogen and oxygen atoms in total. The molecule has 0 aromatic heterocycles. The van der Waals surface area contributed by atoms with Crippen LogP contribution in [0.4, 0.5) is 4.39 Å². The average Bonchev–Trinajstić information content (AvgIpc) is 2.34. The van der Waals surface area contributed by atoms with E-state index in [2.05, 4.69) is 31.9 Å². The topological polar surface area (TPSA) is 0 Å². The summed E-state index contributed by atoms with van der Waals surface area (Å²) in [5.41, 5.74) is 2.71. The fourth-order valence-electron chi connectivity index (χ4n) is 1.65. The Labute approximate surface area is 127 Å². The molecule has 1 atom stereocenters. The fraction of sp³-hybridized carbons (Fsp3) is 0.143. The number of halogens is 4. The van der Waals surface area contributed by atoms with E-state index in [0.717, 1.165) is 5.56 Å². The molecule has 0 N–H and O–H groups in total. The highest BCUT2D eigenvalue weighted by molar-refractivity contribution is 9.10. The van der Waals surface area contributed by atoms with Crippen LogP contribution in [0, 0.1) is 12.7 Å². The van der Waals surface area contributed by atoms with E-state index in [9.17, 15) is 4.39 Å². The normalized spacial score (nSPS) is 12.5. The molecule has 94 valence electrons. The standard InChI is InChI=1S/C14H10Br2ClF/c1-8-2-4-9(5-3-8)14(16)10-6-12(17)11(15)7-13(10)18/h2-7,14H,1H3. The number of hydrogen-bond acceptors (Lipinski definition) is 0. The van der Waals surface area contributed by atoms with Crippen LogP contribution in [0.5, 0.6) is 0 Å². The third-order valence-electron chi connectivity index (χ3n) is 2.68. The van der Waals surface area contributed by atoms with Crippen LogP contribution in [0.3, 0.4) is 0 Å². The maximum Gasteiger partial charge on any atom is 0.129 e. The van der Waals surface area contributed by atoms with Gasteiger partial charge in [0, 0.05) is 10.0 Å². The highest BCUT2D eigenvalue weighted by Gasteiger charge is 2.16. The number of rotatable bonds is 2. The Morgan fingerprint density at radius 3 is 2.39 bits per heavy atom. The summed E-state index contributed by atoms with van der Waals surface area (Å²) in [4.78, 5) is -0.205. The van der Waals surface area contributed by atoms with Gasteiger partial charge in [-0.2, -0.15) is 0 Å². The Hall–Kier alpha value is -0.380. The molecule has 0 bridgehead atoms. The van der Waals surface area contributed by atoms with Crippen molar-refractivity contribution in [3.63, 3.8) is 0 Å². The molecule has 1 unspecified atom stereocenters. The molecule has 0 spiro atoms. The lowest BCUT2D eigenvalue weighted by atomic mass is 10.0. The van der Waals surface area contributed by atoms with Gasteiger partial charge in [0.1, 0.15) is 5.82 Å². The molecular formula is C14H10Br2ClF. The van der Waals surface area contributed by atoms with E-state index in [1.165, 1.54) is 11.6 Å². The van der Waals surface area contributed by atoms with Gasteiger partial charge in [-0.05, 0) is 40.5 Å². The molecule has 0 radical (unpaired) electrons. The molecule has 0 saturated carbocycles. The third kappa shape index (κ3) is 2.95. The molecule has 0 fully saturated rings. The van der Waals surface area contributed by atoms with Crippen LogP contribution >= 0.6 is 43.5 Å². The molecule has 0 saturated heterocycles. The van der Waals surface area contributed by atoms with Crippen molar-refractivity contribution in [2.75, 3.05) is 0 Å². The van der Waals surface area contributed by atoms with E-state index in [0.29, 0.717) is 15.1 Å². The first-order valence-electron chi connectivity index (χ1n) is 5.34. The van der Waals surface area contributed by atoms with Crippen LogP contribution in [0.2, 0.25) is 5.02 Å². The second-order valence-corrected chi connectivity index (χ2v) is 6.24. The summed E-state index contributed by atoms with van der Waals surface area (Å²) in [6, 6.07) is 11.0. The van der Waals surface area contributed by atoms with Crippen molar-refractivity contribution in [2.24, 2.45) is 0 Å². The fourth-order valence-corrected chi connectivity index (χ4v) is 2.79. The van der Waals surface area contributed by atoms with Crippen molar-refractivity contribution in [3.8, 4) is 0 Å². The van der Waals surface area contributed by atoms with E-state index in [1.807, 2.05) is 31.2 Å². The summed E-state index contributed by atoms with van der Waals surface area (Å²) < 4.78 is 14.5. The Morgan fingerprint density at radius 2 is 1.78 bits per heavy atom. The van der Waals surface area contributed by atoms with Gasteiger partial charge in [0.25, 0.3) is 0 Å². The number of aryl methyl sites for hydroxylation is 1. The van der Waals surface area contributed by atoms with Gasteiger partial charge in [-0.1, -0.05) is 57.4 Å². The highest BCUT2D eigenvalue weighted by Crippen LogP contribution is 2.36. The number of benzene rings is 2. The maximum atomic E-state index is 13.9. The quantitative estimate of drug-likeness (QED) is 0.432. The van der Waals surface area contributed by atoms with Gasteiger partial charge in [0.2, 0.25) is 0 Å². The highest BCUT2D eigenvalue weighted by atomic mass is 79.9.